The molecule has 134 valence electrons. The van der Waals surface area contributed by atoms with Crippen LogP contribution in [0.2, 0.25) is 0 Å². The molecule has 0 unspecified atom stereocenters. The number of ether oxygens (including phenoxy) is 1. The van der Waals surface area contributed by atoms with E-state index in [9.17, 15) is 4.79 Å². The lowest BCUT2D eigenvalue weighted by molar-refractivity contribution is 0.252. The van der Waals surface area contributed by atoms with E-state index in [1.807, 2.05) is 35.7 Å². The Morgan fingerprint density at radius 3 is 2.85 bits per heavy atom. The number of hydrogen-bond donors (Lipinski definition) is 2. The van der Waals surface area contributed by atoms with E-state index in [0.29, 0.717) is 24.0 Å². The summed E-state index contributed by atoms with van der Waals surface area (Å²) in [7, 11) is 1.62. The predicted octanol–water partition coefficient (Wildman–Crippen LogP) is 4.01. The van der Waals surface area contributed by atoms with Gasteiger partial charge in [-0.25, -0.2) is 4.79 Å². The Balaban J connectivity index is 1.37. The molecule has 1 aliphatic carbocycles. The van der Waals surface area contributed by atoms with Crippen LogP contribution in [0.25, 0.3) is 10.8 Å². The number of methoxy groups -OCH3 is 1. The van der Waals surface area contributed by atoms with E-state index in [1.165, 1.54) is 11.3 Å². The third-order valence-corrected chi connectivity index (χ3v) is 5.01. The average molecular weight is 370 g/mol. The van der Waals surface area contributed by atoms with Crippen molar-refractivity contribution >= 4 is 23.1 Å². The van der Waals surface area contributed by atoms with Crippen molar-refractivity contribution in [3.05, 3.63) is 47.1 Å². The zero-order valence-corrected chi connectivity index (χ0v) is 15.0. The van der Waals surface area contributed by atoms with Gasteiger partial charge in [-0.1, -0.05) is 17.3 Å². The van der Waals surface area contributed by atoms with Gasteiger partial charge in [0.05, 0.1) is 12.8 Å². The fourth-order valence-corrected chi connectivity index (χ4v) is 3.27. The predicted molar refractivity (Wildman–Crippen MR) is 98.4 cm³/mol. The van der Waals surface area contributed by atoms with Gasteiger partial charge in [0.25, 0.3) is 5.89 Å². The van der Waals surface area contributed by atoms with Crippen LogP contribution in [-0.2, 0) is 6.54 Å². The molecule has 0 aliphatic heterocycles. The Labute approximate surface area is 154 Å². The normalized spacial score (nSPS) is 13.4. The molecule has 26 heavy (non-hydrogen) atoms. The van der Waals surface area contributed by atoms with Crippen LogP contribution >= 0.6 is 11.3 Å². The van der Waals surface area contributed by atoms with Gasteiger partial charge in [0, 0.05) is 12.5 Å². The lowest BCUT2D eigenvalue weighted by Gasteiger charge is -2.08. The third kappa shape index (κ3) is 3.70. The summed E-state index contributed by atoms with van der Waals surface area (Å²) in [5.74, 6) is 2.42. The molecule has 0 atom stereocenters. The van der Waals surface area contributed by atoms with E-state index in [1.54, 1.807) is 7.11 Å². The minimum Gasteiger partial charge on any atom is -0.497 e. The molecule has 3 aromatic rings. The first-order chi connectivity index (χ1) is 12.7. The Morgan fingerprint density at radius 2 is 2.12 bits per heavy atom. The largest absolute Gasteiger partial charge is 0.497 e. The smallest absolute Gasteiger partial charge is 0.319 e. The molecule has 0 radical (unpaired) electrons. The van der Waals surface area contributed by atoms with Gasteiger partial charge in [0.15, 0.2) is 5.82 Å². The average Bonchev–Trinajstić information content (AvgIpc) is 3.22. The van der Waals surface area contributed by atoms with E-state index in [-0.39, 0.29) is 6.03 Å². The van der Waals surface area contributed by atoms with Crippen molar-refractivity contribution < 1.29 is 14.1 Å². The molecule has 0 saturated heterocycles. The standard InChI is InChI=1S/C18H18N4O3S/c1-24-13-6-2-11(3-7-13)10-19-18(23)20-14-8-9-26-15(14)17-21-16(22-25-17)12-4-5-12/h2-3,6-9,12H,4-5,10H2,1H3,(H2,19,20,23). The number of hydrogen-bond acceptors (Lipinski definition) is 6. The lowest BCUT2D eigenvalue weighted by Crippen LogP contribution is -2.28. The number of carbonyl (C=O) groups is 1. The summed E-state index contributed by atoms with van der Waals surface area (Å²) in [6.07, 6.45) is 2.23. The zero-order chi connectivity index (χ0) is 17.9. The van der Waals surface area contributed by atoms with Crippen LogP contribution < -0.4 is 15.4 Å². The molecule has 7 nitrogen and oxygen atoms in total. The number of nitrogens with one attached hydrogen (secondary N) is 2. The van der Waals surface area contributed by atoms with Gasteiger partial charge in [-0.15, -0.1) is 11.3 Å². The maximum absolute atomic E-state index is 12.2. The van der Waals surface area contributed by atoms with Gasteiger partial charge < -0.3 is 19.9 Å². The van der Waals surface area contributed by atoms with E-state index < -0.39 is 0 Å². The minimum absolute atomic E-state index is 0.289. The van der Waals surface area contributed by atoms with Gasteiger partial charge in [-0.05, 0) is 42.0 Å². The summed E-state index contributed by atoms with van der Waals surface area (Å²) in [6.45, 7) is 0.418. The lowest BCUT2D eigenvalue weighted by atomic mass is 10.2. The van der Waals surface area contributed by atoms with Crippen molar-refractivity contribution in [2.45, 2.75) is 25.3 Å². The van der Waals surface area contributed by atoms with E-state index in [0.717, 1.165) is 34.9 Å². The molecular weight excluding hydrogens is 352 g/mol. The number of rotatable bonds is 6. The van der Waals surface area contributed by atoms with Gasteiger partial charge in [-0.3, -0.25) is 0 Å². The van der Waals surface area contributed by atoms with Crippen LogP contribution in [0.5, 0.6) is 5.75 Å². The van der Waals surface area contributed by atoms with E-state index in [4.69, 9.17) is 9.26 Å². The number of urea groups is 1. The molecule has 1 saturated carbocycles. The molecule has 0 bridgehead atoms. The van der Waals surface area contributed by atoms with Crippen LogP contribution in [-0.4, -0.2) is 23.3 Å². The SMILES string of the molecule is COc1ccc(CNC(=O)Nc2ccsc2-c2nc(C3CC3)no2)cc1. The fourth-order valence-electron chi connectivity index (χ4n) is 2.50. The number of aromatic nitrogens is 2. The van der Waals surface area contributed by atoms with Crippen LogP contribution in [0.4, 0.5) is 10.5 Å². The minimum atomic E-state index is -0.289. The maximum Gasteiger partial charge on any atom is 0.319 e. The van der Waals surface area contributed by atoms with Crippen molar-refractivity contribution in [3.63, 3.8) is 0 Å². The molecule has 1 aromatic carbocycles. The summed E-state index contributed by atoms with van der Waals surface area (Å²) in [5.41, 5.74) is 1.64. The quantitative estimate of drug-likeness (QED) is 0.684. The first-order valence-electron chi connectivity index (χ1n) is 8.32. The zero-order valence-electron chi connectivity index (χ0n) is 14.2. The van der Waals surface area contributed by atoms with Gasteiger partial charge in [0.2, 0.25) is 0 Å². The van der Waals surface area contributed by atoms with E-state index >= 15 is 0 Å². The Hall–Kier alpha value is -2.87. The summed E-state index contributed by atoms with van der Waals surface area (Å²) >= 11 is 1.46. The van der Waals surface area contributed by atoms with Crippen molar-refractivity contribution in [1.29, 1.82) is 0 Å². The second-order valence-corrected chi connectivity index (χ2v) is 6.97. The third-order valence-electron chi connectivity index (χ3n) is 4.10. The first-order valence-corrected chi connectivity index (χ1v) is 9.20. The second kappa shape index (κ2) is 7.17. The van der Waals surface area contributed by atoms with Gasteiger partial charge in [-0.2, -0.15) is 4.98 Å². The van der Waals surface area contributed by atoms with Crippen LogP contribution in [0.15, 0.2) is 40.2 Å². The molecule has 4 rings (SSSR count). The van der Waals surface area contributed by atoms with Crippen LogP contribution in [0.1, 0.15) is 30.1 Å². The number of amides is 2. The Kier molecular flexibility index (Phi) is 4.57. The van der Waals surface area contributed by atoms with Crippen molar-refractivity contribution in [2.24, 2.45) is 0 Å². The topological polar surface area (TPSA) is 89.3 Å². The second-order valence-electron chi connectivity index (χ2n) is 6.05. The number of nitrogens with zero attached hydrogens (tertiary/aromatic N) is 2. The molecular formula is C18H18N4O3S. The highest BCUT2D eigenvalue weighted by molar-refractivity contribution is 7.14. The van der Waals surface area contributed by atoms with Gasteiger partial charge >= 0.3 is 6.03 Å². The van der Waals surface area contributed by atoms with Crippen molar-refractivity contribution in [1.82, 2.24) is 15.5 Å². The Morgan fingerprint density at radius 1 is 1.31 bits per heavy atom. The van der Waals surface area contributed by atoms with Crippen molar-refractivity contribution in [2.75, 3.05) is 12.4 Å². The number of anilines is 1. The molecule has 2 amide bonds. The summed E-state index contributed by atoms with van der Waals surface area (Å²) in [6, 6.07) is 9.08. The van der Waals surface area contributed by atoms with Crippen LogP contribution in [0, 0.1) is 0 Å². The number of thiophene rings is 1. The summed E-state index contributed by atoms with van der Waals surface area (Å²) in [4.78, 5) is 17.4. The molecule has 8 heteroatoms. The van der Waals surface area contributed by atoms with Gasteiger partial charge in [0.1, 0.15) is 10.6 Å². The fraction of sp³-hybridized carbons (Fsp3) is 0.278. The highest BCUT2D eigenvalue weighted by Gasteiger charge is 2.29. The molecule has 0 spiro atoms. The Bertz CT molecular complexity index is 899. The summed E-state index contributed by atoms with van der Waals surface area (Å²) in [5, 5.41) is 11.6. The maximum atomic E-state index is 12.2. The molecule has 2 heterocycles. The summed E-state index contributed by atoms with van der Waals surface area (Å²) < 4.78 is 10.5. The molecule has 1 aliphatic rings. The number of carbonyl (C=O) groups excluding carboxylic acids is 1. The molecule has 1 fully saturated rings. The monoisotopic (exact) mass is 370 g/mol. The highest BCUT2D eigenvalue weighted by atomic mass is 32.1. The number of benzene rings is 1. The molecule has 2 aromatic heterocycles. The van der Waals surface area contributed by atoms with Crippen LogP contribution in [0.3, 0.4) is 0 Å². The van der Waals surface area contributed by atoms with E-state index in [2.05, 4.69) is 20.8 Å². The molecule has 2 N–H and O–H groups in total. The van der Waals surface area contributed by atoms with Crippen molar-refractivity contribution in [3.8, 4) is 16.5 Å². The highest BCUT2D eigenvalue weighted by Crippen LogP contribution is 2.40. The first kappa shape index (κ1) is 16.6.